The van der Waals surface area contributed by atoms with Gasteiger partial charge in [-0.3, -0.25) is 14.4 Å². The number of hydrogen-bond donors (Lipinski definition) is 1. The molecule has 172 valence electrons. The van der Waals surface area contributed by atoms with Gasteiger partial charge in [-0.05, 0) is 47.3 Å². The smallest absolute Gasteiger partial charge is 0.312 e. The molecule has 1 aliphatic rings. The van der Waals surface area contributed by atoms with Crippen LogP contribution in [0.5, 0.6) is 11.5 Å². The predicted octanol–water partition coefficient (Wildman–Crippen LogP) is 4.46. The van der Waals surface area contributed by atoms with Gasteiger partial charge in [0, 0.05) is 24.1 Å². The van der Waals surface area contributed by atoms with Crippen LogP contribution in [0.15, 0.2) is 87.0 Å². The van der Waals surface area contributed by atoms with Crippen LogP contribution in [-0.4, -0.2) is 15.6 Å². The lowest BCUT2D eigenvalue weighted by Gasteiger charge is -2.25. The Morgan fingerprint density at radius 3 is 2.54 bits per heavy atom. The second kappa shape index (κ2) is 7.70. The average Bonchev–Trinajstić information content (AvgIpc) is 2.86. The number of phenolic OH excluding ortho intramolecular Hbond substituents is 1. The molecule has 3 aromatic carbocycles. The number of hydrogen-bond acceptors (Lipinski definition) is 6. The summed E-state index contributed by atoms with van der Waals surface area (Å²) >= 11 is 0. The SMILES string of the molecule is Cn1c(=O)c([C@@H]2CC(=O)Oc3ccc4c(=O)c(-c5ccc(O)cc5)coc4c32)cc2ccccc21. The van der Waals surface area contributed by atoms with Crippen molar-refractivity contribution >= 4 is 27.8 Å². The van der Waals surface area contributed by atoms with Gasteiger partial charge in [0.05, 0.1) is 22.9 Å². The molecule has 35 heavy (non-hydrogen) atoms. The lowest BCUT2D eigenvalue weighted by molar-refractivity contribution is -0.135. The summed E-state index contributed by atoms with van der Waals surface area (Å²) in [4.78, 5) is 39.3. The topological polar surface area (TPSA) is 98.7 Å². The number of rotatable bonds is 2. The van der Waals surface area contributed by atoms with E-state index in [-0.39, 0.29) is 34.5 Å². The van der Waals surface area contributed by atoms with E-state index in [9.17, 15) is 19.5 Å². The Bertz CT molecular complexity index is 1780. The number of pyridine rings is 1. The number of ether oxygens (including phenoxy) is 1. The van der Waals surface area contributed by atoms with E-state index in [0.29, 0.717) is 27.6 Å². The number of aryl methyl sites for hydroxylation is 1. The number of para-hydroxylation sites is 1. The molecule has 1 aliphatic heterocycles. The maximum atomic E-state index is 13.4. The quantitative estimate of drug-likeness (QED) is 0.305. The minimum Gasteiger partial charge on any atom is -0.508 e. The molecular formula is C28H19NO6. The Morgan fingerprint density at radius 1 is 0.971 bits per heavy atom. The van der Waals surface area contributed by atoms with Crippen LogP contribution in [0.3, 0.4) is 0 Å². The Morgan fingerprint density at radius 2 is 1.74 bits per heavy atom. The van der Waals surface area contributed by atoms with Crippen molar-refractivity contribution in [3.8, 4) is 22.6 Å². The summed E-state index contributed by atoms with van der Waals surface area (Å²) in [5.74, 6) is -0.731. The van der Waals surface area contributed by atoms with E-state index in [1.807, 2.05) is 24.3 Å². The van der Waals surface area contributed by atoms with Gasteiger partial charge in [0.2, 0.25) is 5.43 Å². The molecule has 0 amide bonds. The molecule has 0 fully saturated rings. The fraction of sp³-hybridized carbons (Fsp3) is 0.107. The van der Waals surface area contributed by atoms with E-state index < -0.39 is 11.9 Å². The summed E-state index contributed by atoms with van der Waals surface area (Å²) < 4.78 is 13.0. The van der Waals surface area contributed by atoms with Gasteiger partial charge < -0.3 is 18.8 Å². The third-order valence-corrected chi connectivity index (χ3v) is 6.60. The van der Waals surface area contributed by atoms with Crippen LogP contribution in [0, 0.1) is 0 Å². The first-order valence-corrected chi connectivity index (χ1v) is 11.1. The van der Waals surface area contributed by atoms with Crippen LogP contribution >= 0.6 is 0 Å². The van der Waals surface area contributed by atoms with Gasteiger partial charge in [-0.2, -0.15) is 0 Å². The zero-order valence-corrected chi connectivity index (χ0v) is 18.6. The normalized spacial score (nSPS) is 15.2. The van der Waals surface area contributed by atoms with Crippen molar-refractivity contribution in [1.82, 2.24) is 4.57 Å². The van der Waals surface area contributed by atoms with E-state index >= 15 is 0 Å². The van der Waals surface area contributed by atoms with Crippen molar-refractivity contribution in [1.29, 1.82) is 0 Å². The van der Waals surface area contributed by atoms with Crippen LogP contribution in [0.2, 0.25) is 0 Å². The van der Waals surface area contributed by atoms with Gasteiger partial charge in [-0.1, -0.05) is 30.3 Å². The van der Waals surface area contributed by atoms with Crippen molar-refractivity contribution in [2.75, 3.05) is 0 Å². The maximum Gasteiger partial charge on any atom is 0.312 e. The van der Waals surface area contributed by atoms with Gasteiger partial charge >= 0.3 is 5.97 Å². The second-order valence-corrected chi connectivity index (χ2v) is 8.63. The molecule has 1 N–H and O–H groups in total. The third kappa shape index (κ3) is 3.24. The molecule has 5 aromatic rings. The molecule has 0 saturated heterocycles. The summed E-state index contributed by atoms with van der Waals surface area (Å²) in [5.41, 5.74) is 2.44. The zero-order chi connectivity index (χ0) is 24.3. The molecule has 0 unspecified atom stereocenters. The molecule has 2 aromatic heterocycles. The minimum absolute atomic E-state index is 0.0525. The molecule has 3 heterocycles. The van der Waals surface area contributed by atoms with Crippen molar-refractivity contribution in [3.63, 3.8) is 0 Å². The summed E-state index contributed by atoms with van der Waals surface area (Å²) in [6.07, 6.45) is 1.31. The highest BCUT2D eigenvalue weighted by Gasteiger charge is 2.34. The molecule has 0 saturated carbocycles. The number of nitrogens with zero attached hydrogens (tertiary/aromatic N) is 1. The van der Waals surface area contributed by atoms with Crippen molar-refractivity contribution in [2.24, 2.45) is 7.05 Å². The number of aromatic nitrogens is 1. The highest BCUT2D eigenvalue weighted by Crippen LogP contribution is 2.42. The number of fused-ring (bicyclic) bond motifs is 4. The number of aromatic hydroxyl groups is 1. The molecule has 0 radical (unpaired) electrons. The van der Waals surface area contributed by atoms with E-state index in [1.165, 1.54) is 18.4 Å². The number of carbonyl (C=O) groups is 1. The first kappa shape index (κ1) is 20.9. The van der Waals surface area contributed by atoms with E-state index in [4.69, 9.17) is 9.15 Å². The molecule has 7 nitrogen and oxygen atoms in total. The van der Waals surface area contributed by atoms with E-state index in [2.05, 4.69) is 0 Å². The van der Waals surface area contributed by atoms with Crippen molar-refractivity contribution in [2.45, 2.75) is 12.3 Å². The van der Waals surface area contributed by atoms with Crippen molar-refractivity contribution < 1.29 is 19.1 Å². The summed E-state index contributed by atoms with van der Waals surface area (Å²) in [5, 5.41) is 10.8. The van der Waals surface area contributed by atoms with E-state index in [1.54, 1.807) is 41.9 Å². The lowest BCUT2D eigenvalue weighted by Crippen LogP contribution is -2.29. The van der Waals surface area contributed by atoms with Crippen LogP contribution in [-0.2, 0) is 11.8 Å². The molecule has 7 heteroatoms. The largest absolute Gasteiger partial charge is 0.508 e. The molecular weight excluding hydrogens is 446 g/mol. The zero-order valence-electron chi connectivity index (χ0n) is 18.6. The molecule has 6 rings (SSSR count). The molecule has 1 atom stereocenters. The van der Waals surface area contributed by atoms with Crippen LogP contribution in [0.4, 0.5) is 0 Å². The van der Waals surface area contributed by atoms with E-state index in [0.717, 1.165) is 10.9 Å². The Kier molecular flexibility index (Phi) is 4.60. The Balaban J connectivity index is 1.61. The predicted molar refractivity (Wildman–Crippen MR) is 131 cm³/mol. The first-order valence-electron chi connectivity index (χ1n) is 11.1. The van der Waals surface area contributed by atoms with Gasteiger partial charge in [0.1, 0.15) is 23.3 Å². The van der Waals surface area contributed by atoms with Crippen molar-refractivity contribution in [3.05, 3.63) is 105 Å². The second-order valence-electron chi connectivity index (χ2n) is 8.63. The molecule has 0 spiro atoms. The average molecular weight is 465 g/mol. The lowest BCUT2D eigenvalue weighted by atomic mass is 9.85. The fourth-order valence-electron chi connectivity index (χ4n) is 4.86. The number of benzene rings is 3. The van der Waals surface area contributed by atoms with Gasteiger partial charge in [0.15, 0.2) is 0 Å². The van der Waals surface area contributed by atoms with Gasteiger partial charge in [0.25, 0.3) is 5.56 Å². The fourth-order valence-corrected chi connectivity index (χ4v) is 4.86. The Labute approximate surface area is 198 Å². The summed E-state index contributed by atoms with van der Waals surface area (Å²) in [6, 6.07) is 18.7. The molecule has 0 bridgehead atoms. The van der Waals surface area contributed by atoms with Crippen LogP contribution in [0.1, 0.15) is 23.5 Å². The monoisotopic (exact) mass is 465 g/mol. The Hall–Kier alpha value is -4.65. The highest BCUT2D eigenvalue weighted by atomic mass is 16.5. The van der Waals surface area contributed by atoms with Crippen LogP contribution < -0.4 is 15.7 Å². The summed E-state index contributed by atoms with van der Waals surface area (Å²) in [6.45, 7) is 0. The number of carbonyl (C=O) groups excluding carboxylic acids is 1. The standard InChI is InChI=1S/C28H19NO6/c1-29-22-5-3-2-4-16(22)12-20(28(29)33)19-13-24(31)35-23-11-10-18-26(32)21(14-34-27(18)25(19)23)15-6-8-17(30)9-7-15/h2-12,14,19,30H,13H2,1H3/t19-/m0/s1. The maximum absolute atomic E-state index is 13.4. The van der Waals surface area contributed by atoms with Gasteiger partial charge in [-0.15, -0.1) is 0 Å². The number of esters is 1. The highest BCUT2D eigenvalue weighted by molar-refractivity contribution is 5.90. The van der Waals surface area contributed by atoms with Crippen LogP contribution in [0.25, 0.3) is 33.0 Å². The minimum atomic E-state index is -0.638. The third-order valence-electron chi connectivity index (χ3n) is 6.60. The summed E-state index contributed by atoms with van der Waals surface area (Å²) in [7, 11) is 1.70. The number of phenols is 1. The van der Waals surface area contributed by atoms with Gasteiger partial charge in [-0.25, -0.2) is 0 Å². The first-order chi connectivity index (χ1) is 16.9. The molecule has 0 aliphatic carbocycles.